The summed E-state index contributed by atoms with van der Waals surface area (Å²) in [4.78, 5) is 7.31. The van der Waals surface area contributed by atoms with Crippen LogP contribution < -0.4 is 5.14 Å². The summed E-state index contributed by atoms with van der Waals surface area (Å²) in [6.45, 7) is 3.76. The highest BCUT2D eigenvalue weighted by Gasteiger charge is 2.25. The zero-order valence-corrected chi connectivity index (χ0v) is 18.6. The third kappa shape index (κ3) is 4.26. The van der Waals surface area contributed by atoms with E-state index in [1.165, 1.54) is 18.2 Å². The molecule has 0 spiro atoms. The number of hydrogen-bond acceptors (Lipinski definition) is 5. The van der Waals surface area contributed by atoms with Crippen LogP contribution in [-0.4, -0.2) is 33.1 Å². The number of halogens is 1. The van der Waals surface area contributed by atoms with Crippen LogP contribution in [0, 0.1) is 5.82 Å². The number of primary sulfonamides is 1. The summed E-state index contributed by atoms with van der Waals surface area (Å²) >= 11 is 0. The molecule has 7 nitrogen and oxygen atoms in total. The first kappa shape index (κ1) is 22.4. The van der Waals surface area contributed by atoms with E-state index in [9.17, 15) is 21.2 Å². The number of nitrogens with two attached hydrogens (primary N) is 1. The molecule has 2 aromatic heterocycles. The molecule has 3 N–H and O–H groups in total. The molecule has 0 radical (unpaired) electrons. The van der Waals surface area contributed by atoms with Crippen LogP contribution in [0.1, 0.15) is 37.9 Å². The van der Waals surface area contributed by atoms with Crippen molar-refractivity contribution in [2.75, 3.05) is 6.26 Å². The Kier molecular flexibility index (Phi) is 6.03. The van der Waals surface area contributed by atoms with Gasteiger partial charge in [0, 0.05) is 17.2 Å². The molecule has 0 aliphatic carbocycles. The van der Waals surface area contributed by atoms with Crippen LogP contribution in [0.15, 0.2) is 34.1 Å². The molecule has 1 aromatic carbocycles. The largest absolute Gasteiger partial charge is 0.352 e. The van der Waals surface area contributed by atoms with Gasteiger partial charge in [0.05, 0.1) is 17.1 Å². The molecule has 0 amide bonds. The lowest BCUT2D eigenvalue weighted by Gasteiger charge is -2.10. The Morgan fingerprint density at radius 1 is 1.13 bits per heavy atom. The summed E-state index contributed by atoms with van der Waals surface area (Å²) < 4.78 is 63.4. The van der Waals surface area contributed by atoms with E-state index in [1.807, 2.05) is 6.92 Å². The number of nitrogens with one attached hydrogen (secondary N) is 1. The number of sulfonamides is 1. The molecule has 0 bridgehead atoms. The number of sulfone groups is 1. The van der Waals surface area contributed by atoms with Crippen LogP contribution >= 0.6 is 0 Å². The maximum Gasteiger partial charge on any atom is 0.239 e. The highest BCUT2D eigenvalue weighted by molar-refractivity contribution is 7.91. The van der Waals surface area contributed by atoms with Gasteiger partial charge in [-0.05, 0) is 49.1 Å². The van der Waals surface area contributed by atoms with E-state index >= 15 is 0 Å². The van der Waals surface area contributed by atoms with Crippen LogP contribution in [0.4, 0.5) is 4.39 Å². The Hall–Kier alpha value is -2.30. The number of aryl methyl sites for hydroxylation is 2. The first-order valence-electron chi connectivity index (χ1n) is 9.54. The number of fused-ring (bicyclic) bond motifs is 1. The van der Waals surface area contributed by atoms with Crippen molar-refractivity contribution in [2.24, 2.45) is 5.14 Å². The highest BCUT2D eigenvalue weighted by atomic mass is 32.2. The van der Waals surface area contributed by atoms with Crippen LogP contribution in [0.5, 0.6) is 0 Å². The Morgan fingerprint density at radius 3 is 2.40 bits per heavy atom. The summed E-state index contributed by atoms with van der Waals surface area (Å²) in [5, 5.41) is 5.55. The average molecular weight is 454 g/mol. The van der Waals surface area contributed by atoms with Gasteiger partial charge in [-0.3, -0.25) is 0 Å². The summed E-state index contributed by atoms with van der Waals surface area (Å²) in [5.41, 5.74) is 1.64. The van der Waals surface area contributed by atoms with Crippen LogP contribution in [0.3, 0.4) is 0 Å². The lowest BCUT2D eigenvalue weighted by Crippen LogP contribution is -2.16. The van der Waals surface area contributed by atoms with Gasteiger partial charge in [-0.1, -0.05) is 20.3 Å². The molecular weight excluding hydrogens is 429 g/mol. The third-order valence-electron chi connectivity index (χ3n) is 4.93. The Morgan fingerprint density at radius 2 is 1.83 bits per heavy atom. The van der Waals surface area contributed by atoms with Gasteiger partial charge in [0.15, 0.2) is 9.84 Å². The Labute approximate surface area is 175 Å². The van der Waals surface area contributed by atoms with Gasteiger partial charge < -0.3 is 4.98 Å². The zero-order chi connectivity index (χ0) is 22.3. The highest BCUT2D eigenvalue weighted by Crippen LogP contribution is 2.35. The standard InChI is InChI=1S/C20H24FN3O4S2/c1-4-6-7-15-18(30(22,27)28)9-8-16(23-15)19-20(29(3,25)26)13-11-14(21)12(5-2)10-17(13)24-19/h8-11,24H,4-7H2,1-3H3,(H2,22,27,28). The van der Waals surface area contributed by atoms with Crippen LogP contribution in [0.25, 0.3) is 22.3 Å². The maximum atomic E-state index is 14.4. The minimum absolute atomic E-state index is 0.0728. The van der Waals surface area contributed by atoms with E-state index in [2.05, 4.69) is 9.97 Å². The van der Waals surface area contributed by atoms with Crippen LogP contribution in [0.2, 0.25) is 0 Å². The number of benzene rings is 1. The van der Waals surface area contributed by atoms with Gasteiger partial charge in [-0.15, -0.1) is 0 Å². The normalized spacial score (nSPS) is 12.6. The molecule has 0 atom stereocenters. The van der Waals surface area contributed by atoms with Crippen molar-refractivity contribution in [3.63, 3.8) is 0 Å². The minimum atomic E-state index is -3.98. The topological polar surface area (TPSA) is 123 Å². The fraction of sp³-hybridized carbons (Fsp3) is 0.350. The fourth-order valence-corrected chi connectivity index (χ4v) is 5.31. The van der Waals surface area contributed by atoms with Crippen molar-refractivity contribution < 1.29 is 21.2 Å². The number of hydrogen-bond donors (Lipinski definition) is 2. The number of rotatable bonds is 7. The minimum Gasteiger partial charge on any atom is -0.352 e. The number of unbranched alkanes of at least 4 members (excludes halogenated alkanes) is 1. The second kappa shape index (κ2) is 8.09. The lowest BCUT2D eigenvalue weighted by atomic mass is 10.1. The summed E-state index contributed by atoms with van der Waals surface area (Å²) in [5.74, 6) is -0.485. The number of aromatic nitrogens is 2. The first-order chi connectivity index (χ1) is 14.0. The van der Waals surface area contributed by atoms with Crippen LogP contribution in [-0.2, 0) is 32.7 Å². The third-order valence-corrected chi connectivity index (χ3v) is 7.08. The van der Waals surface area contributed by atoms with Gasteiger partial charge in [-0.25, -0.2) is 31.3 Å². The van der Waals surface area contributed by atoms with Crippen molar-refractivity contribution in [3.05, 3.63) is 41.3 Å². The van der Waals surface area contributed by atoms with E-state index in [1.54, 1.807) is 13.0 Å². The van der Waals surface area contributed by atoms with Crippen molar-refractivity contribution in [2.45, 2.75) is 49.3 Å². The van der Waals surface area contributed by atoms with Crippen molar-refractivity contribution in [3.8, 4) is 11.4 Å². The second-order valence-electron chi connectivity index (χ2n) is 7.23. The summed E-state index contributed by atoms with van der Waals surface area (Å²) in [6.07, 6.45) is 3.37. The zero-order valence-electron chi connectivity index (χ0n) is 17.0. The summed E-state index contributed by atoms with van der Waals surface area (Å²) in [7, 11) is -7.73. The number of aromatic amines is 1. The predicted octanol–water partition coefficient (Wildman–Crippen LogP) is 3.32. The lowest BCUT2D eigenvalue weighted by molar-refractivity contribution is 0.594. The van der Waals surface area contributed by atoms with Crippen molar-refractivity contribution in [1.29, 1.82) is 0 Å². The molecule has 30 heavy (non-hydrogen) atoms. The van der Waals surface area contributed by atoms with E-state index in [0.29, 0.717) is 30.3 Å². The van der Waals surface area contributed by atoms with E-state index in [-0.39, 0.29) is 32.3 Å². The molecule has 0 aliphatic rings. The maximum absolute atomic E-state index is 14.4. The molecule has 3 rings (SSSR count). The quantitative estimate of drug-likeness (QED) is 0.568. The molecule has 0 saturated carbocycles. The molecule has 162 valence electrons. The van der Waals surface area contributed by atoms with Gasteiger partial charge in [0.1, 0.15) is 15.6 Å². The monoisotopic (exact) mass is 453 g/mol. The predicted molar refractivity (Wildman–Crippen MR) is 114 cm³/mol. The Balaban J connectivity index is 2.33. The molecule has 0 fully saturated rings. The van der Waals surface area contributed by atoms with Gasteiger partial charge in [0.25, 0.3) is 0 Å². The second-order valence-corrected chi connectivity index (χ2v) is 10.7. The molecule has 0 unspecified atom stereocenters. The van der Waals surface area contributed by atoms with Gasteiger partial charge in [0.2, 0.25) is 10.0 Å². The molecule has 2 heterocycles. The molecule has 10 heteroatoms. The number of H-pyrrole nitrogens is 1. The average Bonchev–Trinajstić information content (AvgIpc) is 3.03. The van der Waals surface area contributed by atoms with Gasteiger partial charge >= 0.3 is 0 Å². The van der Waals surface area contributed by atoms with E-state index in [0.717, 1.165) is 12.7 Å². The Bertz CT molecular complexity index is 1330. The molecule has 3 aromatic rings. The first-order valence-corrected chi connectivity index (χ1v) is 13.0. The van der Waals surface area contributed by atoms with Crippen molar-refractivity contribution >= 4 is 30.8 Å². The van der Waals surface area contributed by atoms with E-state index < -0.39 is 25.7 Å². The molecule has 0 saturated heterocycles. The smallest absolute Gasteiger partial charge is 0.239 e. The summed E-state index contributed by atoms with van der Waals surface area (Å²) in [6, 6.07) is 5.53. The number of nitrogens with zero attached hydrogens (tertiary/aromatic N) is 1. The van der Waals surface area contributed by atoms with Gasteiger partial charge in [-0.2, -0.15) is 0 Å². The number of pyridine rings is 1. The fourth-order valence-electron chi connectivity index (χ4n) is 3.48. The van der Waals surface area contributed by atoms with Crippen molar-refractivity contribution in [1.82, 2.24) is 9.97 Å². The molecular formula is C20H24FN3O4S2. The van der Waals surface area contributed by atoms with E-state index in [4.69, 9.17) is 5.14 Å². The SMILES string of the molecule is CCCCc1nc(-c2[nH]c3cc(CC)c(F)cc3c2S(C)(=O)=O)ccc1S(N)(=O)=O. The molecule has 0 aliphatic heterocycles.